The summed E-state index contributed by atoms with van der Waals surface area (Å²) in [6.45, 7) is 0.262. The Bertz CT molecular complexity index is 1010. The first-order valence-corrected chi connectivity index (χ1v) is 10.4. The number of hydrogen-bond donors (Lipinski definition) is 1. The van der Waals surface area contributed by atoms with Crippen LogP contribution in [0.5, 0.6) is 0 Å². The van der Waals surface area contributed by atoms with E-state index in [4.69, 9.17) is 11.6 Å². The van der Waals surface area contributed by atoms with Crippen molar-refractivity contribution in [1.82, 2.24) is 4.31 Å². The summed E-state index contributed by atoms with van der Waals surface area (Å²) in [7, 11) is -0.624. The Morgan fingerprint density at radius 1 is 1.18 bits per heavy atom. The molecule has 2 aromatic rings. The number of halogens is 1. The summed E-state index contributed by atoms with van der Waals surface area (Å²) in [5.74, 6) is -0.937. The number of rotatable bonds is 5. The molecule has 1 aliphatic rings. The summed E-state index contributed by atoms with van der Waals surface area (Å²) in [6, 6.07) is 12.8. The van der Waals surface area contributed by atoms with Gasteiger partial charge < -0.3 is 10.2 Å². The maximum absolute atomic E-state index is 12.6. The fourth-order valence-electron chi connectivity index (χ4n) is 2.94. The van der Waals surface area contributed by atoms with Gasteiger partial charge in [-0.1, -0.05) is 17.7 Å². The molecule has 0 spiro atoms. The van der Waals surface area contributed by atoms with Crippen molar-refractivity contribution < 1.29 is 18.0 Å². The van der Waals surface area contributed by atoms with Crippen LogP contribution in [-0.4, -0.2) is 45.2 Å². The number of carbonyl (C=O) groups excluding carboxylic acids is 2. The molecule has 3 rings (SSSR count). The number of anilines is 2. The summed E-state index contributed by atoms with van der Waals surface area (Å²) in [5, 5.41) is 3.26. The molecule has 0 aromatic heterocycles. The predicted octanol–water partition coefficient (Wildman–Crippen LogP) is 2.58. The molecule has 2 amide bonds. The highest BCUT2D eigenvalue weighted by molar-refractivity contribution is 7.89. The van der Waals surface area contributed by atoms with Crippen molar-refractivity contribution in [3.05, 3.63) is 53.6 Å². The van der Waals surface area contributed by atoms with Crippen molar-refractivity contribution in [2.24, 2.45) is 5.92 Å². The zero-order valence-electron chi connectivity index (χ0n) is 15.4. The summed E-state index contributed by atoms with van der Waals surface area (Å²) in [4.78, 5) is 26.5. The molecular formula is C19H20ClN3O4S. The van der Waals surface area contributed by atoms with Gasteiger partial charge in [-0.2, -0.15) is 0 Å². The van der Waals surface area contributed by atoms with Crippen LogP contribution >= 0.6 is 11.6 Å². The van der Waals surface area contributed by atoms with E-state index in [9.17, 15) is 18.0 Å². The number of nitrogens with zero attached hydrogens (tertiary/aromatic N) is 2. The molecule has 28 heavy (non-hydrogen) atoms. The van der Waals surface area contributed by atoms with Gasteiger partial charge in [0.05, 0.1) is 10.8 Å². The monoisotopic (exact) mass is 421 g/mol. The van der Waals surface area contributed by atoms with Gasteiger partial charge in [-0.15, -0.1) is 0 Å². The van der Waals surface area contributed by atoms with E-state index in [2.05, 4.69) is 5.32 Å². The number of sulfonamides is 1. The predicted molar refractivity (Wildman–Crippen MR) is 108 cm³/mol. The second kappa shape index (κ2) is 7.90. The second-order valence-electron chi connectivity index (χ2n) is 6.69. The van der Waals surface area contributed by atoms with Crippen molar-refractivity contribution in [2.75, 3.05) is 30.9 Å². The van der Waals surface area contributed by atoms with Crippen LogP contribution in [0.1, 0.15) is 6.42 Å². The molecule has 1 saturated heterocycles. The molecule has 1 N–H and O–H groups in total. The largest absolute Gasteiger partial charge is 0.326 e. The minimum absolute atomic E-state index is 0.103. The highest BCUT2D eigenvalue weighted by Crippen LogP contribution is 2.28. The Hall–Kier alpha value is -2.42. The van der Waals surface area contributed by atoms with Crippen molar-refractivity contribution in [2.45, 2.75) is 11.3 Å². The summed E-state index contributed by atoms with van der Waals surface area (Å²) in [6.07, 6.45) is 0.103. The Labute approximate surface area is 168 Å². The van der Waals surface area contributed by atoms with Gasteiger partial charge in [-0.05, 0) is 42.5 Å². The number of nitrogens with one attached hydrogen (secondary N) is 1. The van der Waals surface area contributed by atoms with E-state index >= 15 is 0 Å². The highest BCUT2D eigenvalue weighted by atomic mass is 35.5. The van der Waals surface area contributed by atoms with Crippen LogP contribution < -0.4 is 10.2 Å². The summed E-state index contributed by atoms with van der Waals surface area (Å²) >= 11 is 5.98. The number of benzene rings is 2. The van der Waals surface area contributed by atoms with Gasteiger partial charge >= 0.3 is 0 Å². The highest BCUT2D eigenvalue weighted by Gasteiger charge is 2.35. The number of carbonyl (C=O) groups is 2. The van der Waals surface area contributed by atoms with E-state index in [0.29, 0.717) is 16.4 Å². The van der Waals surface area contributed by atoms with Crippen LogP contribution in [0.2, 0.25) is 5.02 Å². The smallest absolute Gasteiger partial charge is 0.242 e. The Morgan fingerprint density at radius 3 is 2.46 bits per heavy atom. The molecule has 0 bridgehead atoms. The van der Waals surface area contributed by atoms with Gasteiger partial charge in [0.1, 0.15) is 0 Å². The topological polar surface area (TPSA) is 86.8 Å². The van der Waals surface area contributed by atoms with Gasteiger partial charge in [0, 0.05) is 43.5 Å². The first kappa shape index (κ1) is 20.3. The molecule has 1 atom stereocenters. The molecule has 148 valence electrons. The molecule has 7 nitrogen and oxygen atoms in total. The second-order valence-corrected chi connectivity index (χ2v) is 9.27. The third-order valence-electron chi connectivity index (χ3n) is 4.52. The molecule has 0 saturated carbocycles. The van der Waals surface area contributed by atoms with Gasteiger partial charge in [-0.25, -0.2) is 12.7 Å². The van der Waals surface area contributed by atoms with E-state index in [-0.39, 0.29) is 29.7 Å². The minimum Gasteiger partial charge on any atom is -0.326 e. The molecule has 0 radical (unpaired) electrons. The fraction of sp³-hybridized carbons (Fsp3) is 0.263. The number of hydrogen-bond acceptors (Lipinski definition) is 4. The molecule has 1 aliphatic heterocycles. The van der Waals surface area contributed by atoms with Crippen LogP contribution in [0, 0.1) is 5.92 Å². The van der Waals surface area contributed by atoms with E-state index < -0.39 is 15.9 Å². The molecule has 9 heteroatoms. The van der Waals surface area contributed by atoms with E-state index in [1.165, 1.54) is 38.4 Å². The van der Waals surface area contributed by atoms with E-state index in [1.807, 2.05) is 0 Å². The van der Waals surface area contributed by atoms with Crippen molar-refractivity contribution in [3.8, 4) is 0 Å². The standard InChI is InChI=1S/C19H20ClN3O4S/c1-22(2)28(26,27)17-8-6-15(7-9-17)21-19(25)13-10-18(24)23(12-13)16-5-3-4-14(20)11-16/h3-9,11,13H,10,12H2,1-2H3,(H,21,25). The lowest BCUT2D eigenvalue weighted by Crippen LogP contribution is -2.28. The molecular weight excluding hydrogens is 402 g/mol. The average Bonchev–Trinajstić information content (AvgIpc) is 3.04. The lowest BCUT2D eigenvalue weighted by atomic mass is 10.1. The van der Waals surface area contributed by atoms with Crippen molar-refractivity contribution in [3.63, 3.8) is 0 Å². The van der Waals surface area contributed by atoms with Crippen LogP contribution in [0.4, 0.5) is 11.4 Å². The Balaban J connectivity index is 1.68. The van der Waals surface area contributed by atoms with E-state index in [0.717, 1.165) is 4.31 Å². The maximum atomic E-state index is 12.6. The Kier molecular flexibility index (Phi) is 5.74. The zero-order chi connectivity index (χ0) is 20.5. The van der Waals surface area contributed by atoms with Crippen LogP contribution in [0.25, 0.3) is 0 Å². The van der Waals surface area contributed by atoms with Crippen LogP contribution in [0.15, 0.2) is 53.4 Å². The lowest BCUT2D eigenvalue weighted by Gasteiger charge is -2.17. The molecule has 1 fully saturated rings. The van der Waals surface area contributed by atoms with Gasteiger partial charge in [-0.3, -0.25) is 9.59 Å². The lowest BCUT2D eigenvalue weighted by molar-refractivity contribution is -0.122. The molecule has 1 unspecified atom stereocenters. The third-order valence-corrected chi connectivity index (χ3v) is 6.58. The maximum Gasteiger partial charge on any atom is 0.242 e. The van der Waals surface area contributed by atoms with Gasteiger partial charge in [0.2, 0.25) is 21.8 Å². The number of amides is 2. The first-order valence-electron chi connectivity index (χ1n) is 8.58. The van der Waals surface area contributed by atoms with E-state index in [1.54, 1.807) is 29.2 Å². The minimum atomic E-state index is -3.53. The van der Waals surface area contributed by atoms with Crippen LogP contribution in [-0.2, 0) is 19.6 Å². The molecule has 0 aliphatic carbocycles. The van der Waals surface area contributed by atoms with Crippen molar-refractivity contribution >= 4 is 44.8 Å². The van der Waals surface area contributed by atoms with Gasteiger partial charge in [0.25, 0.3) is 0 Å². The SMILES string of the molecule is CN(C)S(=O)(=O)c1ccc(NC(=O)C2CC(=O)N(c3cccc(Cl)c3)C2)cc1. The summed E-state index contributed by atoms with van der Waals surface area (Å²) < 4.78 is 25.3. The normalized spacial score (nSPS) is 17.2. The zero-order valence-corrected chi connectivity index (χ0v) is 17.0. The third kappa shape index (κ3) is 4.19. The van der Waals surface area contributed by atoms with Gasteiger partial charge in [0.15, 0.2) is 0 Å². The van der Waals surface area contributed by atoms with Crippen LogP contribution in [0.3, 0.4) is 0 Å². The summed E-state index contributed by atoms with van der Waals surface area (Å²) in [5.41, 5.74) is 1.13. The molecule has 1 heterocycles. The fourth-order valence-corrected chi connectivity index (χ4v) is 4.03. The van der Waals surface area contributed by atoms with Crippen molar-refractivity contribution in [1.29, 1.82) is 0 Å². The average molecular weight is 422 g/mol. The first-order chi connectivity index (χ1) is 13.2. The quantitative estimate of drug-likeness (QED) is 0.803. The Morgan fingerprint density at radius 2 is 1.86 bits per heavy atom. The molecule has 2 aromatic carbocycles.